The van der Waals surface area contributed by atoms with Gasteiger partial charge < -0.3 is 50.4 Å². The summed E-state index contributed by atoms with van der Waals surface area (Å²) in [6.07, 6.45) is -5.97. The Morgan fingerprint density at radius 2 is 1.74 bits per heavy atom. The van der Waals surface area contributed by atoms with Crippen LogP contribution in [0, 0.1) is 0 Å². The Morgan fingerprint density at radius 1 is 1.03 bits per heavy atom. The summed E-state index contributed by atoms with van der Waals surface area (Å²) in [6, 6.07) is -1.10. The highest BCUT2D eigenvalue weighted by molar-refractivity contribution is 7.47. The van der Waals surface area contributed by atoms with Crippen molar-refractivity contribution in [3.05, 3.63) is 0 Å². The molecule has 4 amide bonds. The van der Waals surface area contributed by atoms with Crippen molar-refractivity contribution in [2.24, 2.45) is 0 Å². The van der Waals surface area contributed by atoms with Crippen LogP contribution in [0.1, 0.15) is 19.8 Å². The van der Waals surface area contributed by atoms with Gasteiger partial charge in [-0.05, 0) is 0 Å². The maximum absolute atomic E-state index is 11.9. The predicted molar refractivity (Wildman–Crippen MR) is 125 cm³/mol. The summed E-state index contributed by atoms with van der Waals surface area (Å²) in [5.74, 6) is -2.59. The highest BCUT2D eigenvalue weighted by Gasteiger charge is 2.45. The minimum Gasteiger partial charge on any atom is -0.394 e. The van der Waals surface area contributed by atoms with E-state index in [0.29, 0.717) is 0 Å². The van der Waals surface area contributed by atoms with E-state index >= 15 is 0 Å². The summed E-state index contributed by atoms with van der Waals surface area (Å²) in [6.45, 7) is -0.626. The van der Waals surface area contributed by atoms with Gasteiger partial charge in [0, 0.05) is 20.6 Å². The molecule has 0 bridgehead atoms. The number of amides is 4. The largest absolute Gasteiger partial charge is 0.473 e. The molecule has 0 saturated carbocycles. The fraction of sp³-hybridized carbons (Fsp3) is 0.789. The molecule has 0 aromatic carbocycles. The van der Waals surface area contributed by atoms with Gasteiger partial charge in [0.1, 0.15) is 37.5 Å². The van der Waals surface area contributed by atoms with Crippen molar-refractivity contribution < 1.29 is 72.1 Å². The number of rotatable bonds is 18. The standard InChI is InChI=1S/C19H35N4O15P/c1-11(25)22-16-18(30)17(29)12(8-24)38-19(16)35-6-4-20-13(26)3-5-34-10-36-23-15(28)7-14(27)21-9-37-39(31,32)33-2/h12,16-19,24,29-30H,3-10H2,1-2H3,(H,20,26)(H,21,27)(H,22,25)(H,23,28)(H,31,32). The third-order valence-corrected chi connectivity index (χ3v) is 5.72. The molecule has 39 heavy (non-hydrogen) atoms. The van der Waals surface area contributed by atoms with Crippen molar-refractivity contribution in [2.75, 3.05) is 47.0 Å². The minimum absolute atomic E-state index is 0.0227. The van der Waals surface area contributed by atoms with E-state index < -0.39 is 88.6 Å². The van der Waals surface area contributed by atoms with E-state index in [-0.39, 0.29) is 26.2 Å². The minimum atomic E-state index is -4.26. The fourth-order valence-electron chi connectivity index (χ4n) is 2.93. The van der Waals surface area contributed by atoms with Crippen LogP contribution >= 0.6 is 7.82 Å². The number of hydrogen-bond acceptors (Lipinski definition) is 14. The molecule has 0 radical (unpaired) electrons. The molecular formula is C19H35N4O15P. The van der Waals surface area contributed by atoms with Gasteiger partial charge in [0.15, 0.2) is 13.1 Å². The van der Waals surface area contributed by atoms with E-state index in [2.05, 4.69) is 25.0 Å². The van der Waals surface area contributed by atoms with Crippen molar-refractivity contribution in [3.63, 3.8) is 0 Å². The molecule has 1 rings (SSSR count). The molecule has 1 fully saturated rings. The lowest BCUT2D eigenvalue weighted by Crippen LogP contribution is -2.64. The number of phosphoric acid groups is 1. The average Bonchev–Trinajstić information content (AvgIpc) is 2.87. The zero-order valence-corrected chi connectivity index (χ0v) is 22.2. The Kier molecular flexibility index (Phi) is 16.2. The molecule has 0 aliphatic carbocycles. The molecule has 1 aliphatic rings. The summed E-state index contributed by atoms with van der Waals surface area (Å²) in [5.41, 5.74) is 1.92. The number of aliphatic hydroxyl groups excluding tert-OH is 3. The lowest BCUT2D eigenvalue weighted by atomic mass is 9.97. The maximum Gasteiger partial charge on any atom is 0.473 e. The van der Waals surface area contributed by atoms with Crippen LogP contribution in [-0.4, -0.2) is 121 Å². The van der Waals surface area contributed by atoms with E-state index in [9.17, 15) is 39.1 Å². The molecule has 1 saturated heterocycles. The zero-order valence-electron chi connectivity index (χ0n) is 21.3. The van der Waals surface area contributed by atoms with Crippen LogP contribution < -0.4 is 21.4 Å². The summed E-state index contributed by atoms with van der Waals surface area (Å²) >= 11 is 0. The maximum atomic E-state index is 11.9. The average molecular weight is 590 g/mol. The summed E-state index contributed by atoms with van der Waals surface area (Å²) in [7, 11) is -3.32. The second-order valence-corrected chi connectivity index (χ2v) is 9.36. The van der Waals surface area contributed by atoms with Crippen LogP contribution in [-0.2, 0) is 51.8 Å². The van der Waals surface area contributed by atoms with Gasteiger partial charge in [0.25, 0.3) is 5.91 Å². The van der Waals surface area contributed by atoms with Gasteiger partial charge in [-0.1, -0.05) is 0 Å². The van der Waals surface area contributed by atoms with E-state index in [1.54, 1.807) is 0 Å². The Hall–Kier alpha value is -2.29. The smallest absolute Gasteiger partial charge is 0.394 e. The van der Waals surface area contributed by atoms with Gasteiger partial charge in [-0.15, -0.1) is 0 Å². The number of aliphatic hydroxyl groups is 3. The van der Waals surface area contributed by atoms with Gasteiger partial charge in [-0.25, -0.2) is 14.9 Å². The third-order valence-electron chi connectivity index (χ3n) is 4.81. The third kappa shape index (κ3) is 14.1. The van der Waals surface area contributed by atoms with Crippen LogP contribution in [0.25, 0.3) is 0 Å². The van der Waals surface area contributed by atoms with E-state index in [1.807, 2.05) is 5.48 Å². The topological polar surface area (TPSA) is 270 Å². The summed E-state index contributed by atoms with van der Waals surface area (Å²) in [5, 5.41) is 36.4. The molecule has 226 valence electrons. The number of ether oxygens (including phenoxy) is 3. The normalized spacial score (nSPS) is 24.3. The molecule has 0 aromatic heterocycles. The number of carbonyl (C=O) groups excluding carboxylic acids is 4. The Balaban J connectivity index is 2.16. The number of phosphoric ester groups is 1. The van der Waals surface area contributed by atoms with Crippen molar-refractivity contribution in [2.45, 2.75) is 50.4 Å². The first-order valence-electron chi connectivity index (χ1n) is 11.5. The second-order valence-electron chi connectivity index (χ2n) is 7.80. The molecule has 6 unspecified atom stereocenters. The molecule has 0 aromatic rings. The van der Waals surface area contributed by atoms with E-state index in [4.69, 9.17) is 23.9 Å². The van der Waals surface area contributed by atoms with Gasteiger partial charge in [-0.3, -0.25) is 28.2 Å². The van der Waals surface area contributed by atoms with Gasteiger partial charge in [0.2, 0.25) is 17.7 Å². The Bertz CT molecular complexity index is 850. The van der Waals surface area contributed by atoms with E-state index in [1.165, 1.54) is 6.92 Å². The monoisotopic (exact) mass is 590 g/mol. The van der Waals surface area contributed by atoms with Crippen molar-refractivity contribution >= 4 is 31.5 Å². The number of hydroxylamine groups is 1. The SMILES string of the molecule is COP(=O)(O)OCNC(=O)CC(=O)NOCOCCC(=O)NCCOC1OC(CO)C(O)C(O)C1NC(C)=O. The van der Waals surface area contributed by atoms with Gasteiger partial charge >= 0.3 is 7.82 Å². The summed E-state index contributed by atoms with van der Waals surface area (Å²) < 4.78 is 35.4. The first kappa shape index (κ1) is 34.7. The van der Waals surface area contributed by atoms with Crippen LogP contribution in [0.5, 0.6) is 0 Å². The highest BCUT2D eigenvalue weighted by atomic mass is 31.2. The highest BCUT2D eigenvalue weighted by Crippen LogP contribution is 2.41. The summed E-state index contributed by atoms with van der Waals surface area (Å²) in [4.78, 5) is 60.0. The molecular weight excluding hydrogens is 555 g/mol. The molecule has 20 heteroatoms. The lowest BCUT2D eigenvalue weighted by Gasteiger charge is -2.42. The molecule has 6 atom stereocenters. The second kappa shape index (κ2) is 18.1. The van der Waals surface area contributed by atoms with Gasteiger partial charge in [-0.2, -0.15) is 0 Å². The van der Waals surface area contributed by atoms with Crippen LogP contribution in [0.4, 0.5) is 0 Å². The number of hydrogen-bond donors (Lipinski definition) is 8. The molecule has 19 nitrogen and oxygen atoms in total. The Morgan fingerprint density at radius 3 is 2.38 bits per heavy atom. The fourth-order valence-corrected chi connectivity index (χ4v) is 3.27. The Labute approximate surface area is 223 Å². The lowest BCUT2D eigenvalue weighted by molar-refractivity contribution is -0.269. The molecule has 8 N–H and O–H groups in total. The number of carbonyl (C=O) groups is 4. The predicted octanol–water partition coefficient (Wildman–Crippen LogP) is -4.30. The molecule has 0 spiro atoms. The zero-order chi connectivity index (χ0) is 29.4. The van der Waals surface area contributed by atoms with Crippen LogP contribution in [0.15, 0.2) is 0 Å². The van der Waals surface area contributed by atoms with Crippen molar-refractivity contribution in [3.8, 4) is 0 Å². The van der Waals surface area contributed by atoms with Gasteiger partial charge in [0.05, 0.1) is 26.2 Å². The van der Waals surface area contributed by atoms with Crippen molar-refractivity contribution in [1.29, 1.82) is 0 Å². The molecule has 1 aliphatic heterocycles. The van der Waals surface area contributed by atoms with Crippen LogP contribution in [0.2, 0.25) is 0 Å². The first-order valence-corrected chi connectivity index (χ1v) is 13.0. The first-order chi connectivity index (χ1) is 18.4. The molecule has 1 heterocycles. The number of nitrogens with one attached hydrogen (secondary N) is 4. The quantitative estimate of drug-likeness (QED) is 0.0247. The van der Waals surface area contributed by atoms with E-state index in [0.717, 1.165) is 7.11 Å². The van der Waals surface area contributed by atoms with Crippen LogP contribution in [0.3, 0.4) is 0 Å². The van der Waals surface area contributed by atoms with Crippen molar-refractivity contribution in [1.82, 2.24) is 21.4 Å².